The van der Waals surface area contributed by atoms with Gasteiger partial charge in [-0.2, -0.15) is 0 Å². The summed E-state index contributed by atoms with van der Waals surface area (Å²) >= 11 is 3.85. The van der Waals surface area contributed by atoms with Crippen LogP contribution in [0.3, 0.4) is 0 Å². The quantitative estimate of drug-likeness (QED) is 0.624. The summed E-state index contributed by atoms with van der Waals surface area (Å²) in [4.78, 5) is 0.811. The molecule has 0 N–H and O–H groups in total. The van der Waals surface area contributed by atoms with Crippen LogP contribution in [0, 0.1) is 17.8 Å². The first-order valence-electron chi connectivity index (χ1n) is 6.23. The van der Waals surface area contributed by atoms with Gasteiger partial charge in [-0.3, -0.25) is 0 Å². The van der Waals surface area contributed by atoms with Crippen molar-refractivity contribution in [2.45, 2.75) is 64.1 Å². The molecular weight excluding hydrogens is 236 g/mol. The van der Waals surface area contributed by atoms with Crippen molar-refractivity contribution < 1.29 is 0 Å². The SMILES string of the molecule is CC(C)CCCC1CC(C)CCC1Br. The lowest BCUT2D eigenvalue weighted by Gasteiger charge is -2.31. The molecule has 0 amide bonds. The van der Waals surface area contributed by atoms with E-state index in [9.17, 15) is 0 Å². The number of rotatable bonds is 4. The van der Waals surface area contributed by atoms with E-state index in [-0.39, 0.29) is 0 Å². The Morgan fingerprint density at radius 1 is 1.29 bits per heavy atom. The van der Waals surface area contributed by atoms with Gasteiger partial charge in [-0.05, 0) is 43.4 Å². The van der Waals surface area contributed by atoms with Crippen LogP contribution in [0.4, 0.5) is 0 Å². The van der Waals surface area contributed by atoms with E-state index in [1.165, 1.54) is 38.5 Å². The van der Waals surface area contributed by atoms with E-state index in [0.29, 0.717) is 0 Å². The summed E-state index contributed by atoms with van der Waals surface area (Å²) in [6.07, 6.45) is 8.55. The van der Waals surface area contributed by atoms with E-state index >= 15 is 0 Å². The summed E-state index contributed by atoms with van der Waals surface area (Å²) in [5, 5.41) is 0. The van der Waals surface area contributed by atoms with Crippen LogP contribution in [0.1, 0.15) is 59.3 Å². The highest BCUT2D eigenvalue weighted by Crippen LogP contribution is 2.36. The minimum absolute atomic E-state index is 0.811. The van der Waals surface area contributed by atoms with E-state index in [0.717, 1.165) is 22.6 Å². The minimum atomic E-state index is 0.811. The summed E-state index contributed by atoms with van der Waals surface area (Å²) < 4.78 is 0. The Morgan fingerprint density at radius 2 is 2.00 bits per heavy atom. The Balaban J connectivity index is 2.20. The molecule has 0 aromatic carbocycles. The third kappa shape index (κ3) is 4.33. The fraction of sp³-hybridized carbons (Fsp3) is 1.00. The topological polar surface area (TPSA) is 0 Å². The molecule has 0 aromatic rings. The molecule has 1 aliphatic carbocycles. The van der Waals surface area contributed by atoms with Gasteiger partial charge in [-0.25, -0.2) is 0 Å². The first-order chi connectivity index (χ1) is 6.59. The lowest BCUT2D eigenvalue weighted by Crippen LogP contribution is -2.23. The van der Waals surface area contributed by atoms with Gasteiger partial charge in [0.15, 0.2) is 0 Å². The van der Waals surface area contributed by atoms with Crippen LogP contribution in [0.25, 0.3) is 0 Å². The zero-order valence-electron chi connectivity index (χ0n) is 9.93. The molecule has 0 nitrogen and oxygen atoms in total. The first-order valence-corrected chi connectivity index (χ1v) is 7.15. The maximum Gasteiger partial charge on any atom is 0.0174 e. The van der Waals surface area contributed by atoms with Crippen LogP contribution in [0.2, 0.25) is 0 Å². The van der Waals surface area contributed by atoms with E-state index in [1.54, 1.807) is 0 Å². The second-order valence-corrected chi connectivity index (χ2v) is 6.70. The molecule has 0 spiro atoms. The van der Waals surface area contributed by atoms with Gasteiger partial charge >= 0.3 is 0 Å². The Bertz CT molecular complexity index is 153. The van der Waals surface area contributed by atoms with E-state index in [4.69, 9.17) is 0 Å². The second kappa shape index (κ2) is 6.15. The highest BCUT2D eigenvalue weighted by Gasteiger charge is 2.25. The van der Waals surface area contributed by atoms with Gasteiger partial charge in [0.1, 0.15) is 0 Å². The van der Waals surface area contributed by atoms with Crippen LogP contribution in [-0.2, 0) is 0 Å². The van der Waals surface area contributed by atoms with Gasteiger partial charge in [-0.15, -0.1) is 0 Å². The molecule has 0 heterocycles. The molecule has 0 aromatic heterocycles. The molecule has 3 unspecified atom stereocenters. The van der Waals surface area contributed by atoms with Crippen molar-refractivity contribution in [3.63, 3.8) is 0 Å². The van der Waals surface area contributed by atoms with Crippen LogP contribution >= 0.6 is 15.9 Å². The lowest BCUT2D eigenvalue weighted by molar-refractivity contribution is 0.273. The normalized spacial score (nSPS) is 33.6. The van der Waals surface area contributed by atoms with Gasteiger partial charge in [-0.1, -0.05) is 49.5 Å². The van der Waals surface area contributed by atoms with Crippen molar-refractivity contribution in [2.75, 3.05) is 0 Å². The molecular formula is C13H25Br. The number of hydrogen-bond acceptors (Lipinski definition) is 0. The molecule has 84 valence electrons. The fourth-order valence-electron chi connectivity index (χ4n) is 2.55. The van der Waals surface area contributed by atoms with Gasteiger partial charge in [0.25, 0.3) is 0 Å². The van der Waals surface area contributed by atoms with Crippen LogP contribution < -0.4 is 0 Å². The largest absolute Gasteiger partial charge is 0.0888 e. The van der Waals surface area contributed by atoms with Gasteiger partial charge in [0, 0.05) is 4.83 Å². The maximum absolute atomic E-state index is 3.85. The standard InChI is InChI=1S/C13H25Br/c1-10(2)5-4-6-12-9-11(3)7-8-13(12)14/h10-13H,4-9H2,1-3H3. The van der Waals surface area contributed by atoms with Crippen molar-refractivity contribution in [3.05, 3.63) is 0 Å². The fourth-order valence-corrected chi connectivity index (χ4v) is 3.29. The monoisotopic (exact) mass is 260 g/mol. The molecule has 1 rings (SSSR count). The smallest absolute Gasteiger partial charge is 0.0174 e. The third-order valence-electron chi connectivity index (χ3n) is 3.51. The molecule has 0 bridgehead atoms. The minimum Gasteiger partial charge on any atom is -0.0888 e. The average Bonchev–Trinajstić information content (AvgIpc) is 2.10. The molecule has 14 heavy (non-hydrogen) atoms. The summed E-state index contributed by atoms with van der Waals surface area (Å²) in [5.41, 5.74) is 0. The third-order valence-corrected chi connectivity index (χ3v) is 4.71. The Hall–Kier alpha value is 0.480. The molecule has 1 heteroatoms. The first kappa shape index (κ1) is 12.5. The summed E-state index contributed by atoms with van der Waals surface area (Å²) in [6, 6.07) is 0. The Kier molecular flexibility index (Phi) is 5.51. The van der Waals surface area contributed by atoms with E-state index in [2.05, 4.69) is 36.7 Å². The molecule has 0 aliphatic heterocycles. The van der Waals surface area contributed by atoms with Crippen molar-refractivity contribution >= 4 is 15.9 Å². The van der Waals surface area contributed by atoms with Gasteiger partial charge in [0.2, 0.25) is 0 Å². The molecule has 1 aliphatic rings. The molecule has 0 radical (unpaired) electrons. The molecule has 1 fully saturated rings. The molecule has 3 atom stereocenters. The lowest BCUT2D eigenvalue weighted by atomic mass is 9.79. The summed E-state index contributed by atoms with van der Waals surface area (Å²) in [7, 11) is 0. The number of halogens is 1. The van der Waals surface area contributed by atoms with Crippen molar-refractivity contribution in [3.8, 4) is 0 Å². The van der Waals surface area contributed by atoms with Crippen LogP contribution in [-0.4, -0.2) is 4.83 Å². The average molecular weight is 261 g/mol. The Morgan fingerprint density at radius 3 is 2.64 bits per heavy atom. The molecule has 0 saturated heterocycles. The zero-order valence-corrected chi connectivity index (χ0v) is 11.5. The van der Waals surface area contributed by atoms with Gasteiger partial charge < -0.3 is 0 Å². The van der Waals surface area contributed by atoms with Gasteiger partial charge in [0.05, 0.1) is 0 Å². The van der Waals surface area contributed by atoms with E-state index < -0.39 is 0 Å². The van der Waals surface area contributed by atoms with Crippen molar-refractivity contribution in [1.29, 1.82) is 0 Å². The predicted octanol–water partition coefficient (Wildman–Crippen LogP) is 5.01. The predicted molar refractivity (Wildman–Crippen MR) is 67.9 cm³/mol. The zero-order chi connectivity index (χ0) is 10.6. The van der Waals surface area contributed by atoms with Crippen molar-refractivity contribution in [1.82, 2.24) is 0 Å². The van der Waals surface area contributed by atoms with Crippen LogP contribution in [0.15, 0.2) is 0 Å². The Labute approximate surface area is 98.0 Å². The maximum atomic E-state index is 3.85. The van der Waals surface area contributed by atoms with E-state index in [1.807, 2.05) is 0 Å². The van der Waals surface area contributed by atoms with Crippen LogP contribution in [0.5, 0.6) is 0 Å². The summed E-state index contributed by atoms with van der Waals surface area (Å²) in [5.74, 6) is 2.80. The second-order valence-electron chi connectivity index (χ2n) is 5.52. The molecule has 1 saturated carbocycles. The number of alkyl halides is 1. The summed E-state index contributed by atoms with van der Waals surface area (Å²) in [6.45, 7) is 7.07. The highest BCUT2D eigenvalue weighted by molar-refractivity contribution is 9.09. The van der Waals surface area contributed by atoms with Crippen molar-refractivity contribution in [2.24, 2.45) is 17.8 Å². The highest BCUT2D eigenvalue weighted by atomic mass is 79.9. The number of hydrogen-bond donors (Lipinski definition) is 0.